The molecule has 9 heteroatoms. The van der Waals surface area contributed by atoms with Crippen molar-refractivity contribution in [2.45, 2.75) is 38.6 Å². The zero-order chi connectivity index (χ0) is 30.0. The van der Waals surface area contributed by atoms with Gasteiger partial charge in [-0.1, -0.05) is 60.7 Å². The molecule has 2 aromatic heterocycles. The van der Waals surface area contributed by atoms with Crippen LogP contribution in [0.4, 0.5) is 15.8 Å². The van der Waals surface area contributed by atoms with Crippen LogP contribution in [0.15, 0.2) is 89.9 Å². The number of thiophene rings is 1. The number of fused-ring (bicyclic) bond motifs is 3. The largest absolute Gasteiger partial charge is 0.466 e. The van der Waals surface area contributed by atoms with Crippen LogP contribution in [0.3, 0.4) is 0 Å². The third-order valence-electron chi connectivity index (χ3n) is 8.18. The van der Waals surface area contributed by atoms with Gasteiger partial charge in [-0.15, -0.1) is 21.5 Å². The van der Waals surface area contributed by atoms with E-state index in [2.05, 4.69) is 21.9 Å². The van der Waals surface area contributed by atoms with Crippen molar-refractivity contribution in [1.82, 2.24) is 15.1 Å². The molecule has 0 radical (unpaired) electrons. The minimum absolute atomic E-state index is 0.109. The molecule has 0 N–H and O–H groups in total. The van der Waals surface area contributed by atoms with E-state index in [1.165, 1.54) is 23.5 Å². The van der Waals surface area contributed by atoms with E-state index in [9.17, 15) is 9.18 Å². The van der Waals surface area contributed by atoms with Crippen LogP contribution in [0.5, 0.6) is 0 Å². The van der Waals surface area contributed by atoms with E-state index in [4.69, 9.17) is 19.9 Å². The molecule has 5 aromatic rings. The Labute approximate surface area is 259 Å². The lowest BCUT2D eigenvalue weighted by molar-refractivity contribution is -0.143. The number of halogens is 1. The Bertz CT molecular complexity index is 1820. The first-order valence-corrected chi connectivity index (χ1v) is 15.9. The first-order valence-electron chi connectivity index (χ1n) is 15.1. The Kier molecular flexibility index (Phi) is 7.78. The third kappa shape index (κ3) is 5.21. The highest BCUT2D eigenvalue weighted by molar-refractivity contribution is 7.19. The Morgan fingerprint density at radius 3 is 2.27 bits per heavy atom. The molecule has 44 heavy (non-hydrogen) atoms. The molecule has 0 bridgehead atoms. The van der Waals surface area contributed by atoms with Crippen LogP contribution in [-0.2, 0) is 9.53 Å². The van der Waals surface area contributed by atoms with Gasteiger partial charge in [-0.2, -0.15) is 0 Å². The lowest BCUT2D eigenvalue weighted by Gasteiger charge is -2.42. The zero-order valence-corrected chi connectivity index (χ0v) is 25.3. The Hall–Kier alpha value is -4.63. The molecule has 0 spiro atoms. The summed E-state index contributed by atoms with van der Waals surface area (Å²) in [6.07, 6.45) is 3.37. The molecule has 0 amide bonds. The number of aliphatic imine (C=N–C) groups is 1. The molecule has 222 valence electrons. The monoisotopic (exact) mass is 605 g/mol. The minimum atomic E-state index is -0.424. The molecule has 1 saturated heterocycles. The van der Waals surface area contributed by atoms with Gasteiger partial charge in [0.2, 0.25) is 5.96 Å². The standard InChI is InChI=1S/C35H32FN5O2S/c1-2-43-28(42)22-27-33-32(37-35(40-20-10-5-11-21-40)41(27)26-18-16-25(36)17-19-26)30-29(23-12-6-3-7-13-23)31(38-39-34(30)44-33)24-14-8-4-9-15-24/h3-4,6-9,12-19,27H,2,5,10-11,20-22H2,1H3. The molecule has 3 aromatic carbocycles. The van der Waals surface area contributed by atoms with E-state index in [0.29, 0.717) is 6.61 Å². The summed E-state index contributed by atoms with van der Waals surface area (Å²) in [6.45, 7) is 3.80. The predicted molar refractivity (Wildman–Crippen MR) is 174 cm³/mol. The van der Waals surface area contributed by atoms with E-state index in [1.807, 2.05) is 55.5 Å². The number of aromatic nitrogens is 2. The predicted octanol–water partition coefficient (Wildman–Crippen LogP) is 8.15. The van der Waals surface area contributed by atoms with Gasteiger partial charge < -0.3 is 14.5 Å². The second kappa shape index (κ2) is 12.2. The molecular formula is C35H32FN5O2S. The summed E-state index contributed by atoms with van der Waals surface area (Å²) in [7, 11) is 0. The SMILES string of the molecule is CCOC(=O)CC1c2sc3nnc(-c4ccccc4)c(-c4ccccc4)c3c2N=C(N2CCCCC2)N1c1ccc(F)cc1. The maximum atomic E-state index is 14.1. The van der Waals surface area contributed by atoms with E-state index in [0.717, 1.165) is 87.2 Å². The fraction of sp³-hybridized carbons (Fsp3) is 0.257. The number of likely N-dealkylation sites (tertiary alicyclic amines) is 1. The molecule has 1 atom stereocenters. The highest BCUT2D eigenvalue weighted by Crippen LogP contribution is 2.52. The lowest BCUT2D eigenvalue weighted by atomic mass is 9.95. The van der Waals surface area contributed by atoms with E-state index < -0.39 is 6.04 Å². The number of esters is 1. The van der Waals surface area contributed by atoms with Gasteiger partial charge >= 0.3 is 5.97 Å². The van der Waals surface area contributed by atoms with Crippen LogP contribution < -0.4 is 4.90 Å². The topological polar surface area (TPSA) is 70.9 Å². The summed E-state index contributed by atoms with van der Waals surface area (Å²) >= 11 is 1.51. The van der Waals surface area contributed by atoms with Crippen molar-refractivity contribution in [2.24, 2.45) is 4.99 Å². The average Bonchev–Trinajstić information content (AvgIpc) is 3.45. The molecule has 2 aliphatic rings. The van der Waals surface area contributed by atoms with E-state index in [-0.39, 0.29) is 18.2 Å². The summed E-state index contributed by atoms with van der Waals surface area (Å²) < 4.78 is 19.6. The highest BCUT2D eigenvalue weighted by Gasteiger charge is 2.39. The number of carbonyl (C=O) groups excluding carboxylic acids is 1. The van der Waals surface area contributed by atoms with Crippen molar-refractivity contribution in [3.05, 3.63) is 95.6 Å². The molecule has 7 nitrogen and oxygen atoms in total. The Morgan fingerprint density at radius 1 is 0.909 bits per heavy atom. The van der Waals surface area contributed by atoms with Crippen LogP contribution in [0.1, 0.15) is 43.5 Å². The van der Waals surface area contributed by atoms with Gasteiger partial charge in [0.25, 0.3) is 0 Å². The number of carbonyl (C=O) groups is 1. The summed E-state index contributed by atoms with van der Waals surface area (Å²) in [4.78, 5) is 24.7. The summed E-state index contributed by atoms with van der Waals surface area (Å²) in [5, 5.41) is 10.4. The first-order chi connectivity index (χ1) is 21.6. The van der Waals surface area contributed by atoms with Gasteiger partial charge in [0.05, 0.1) is 29.6 Å². The van der Waals surface area contributed by atoms with Crippen molar-refractivity contribution in [1.29, 1.82) is 0 Å². The smallest absolute Gasteiger partial charge is 0.308 e. The molecule has 2 aliphatic heterocycles. The third-order valence-corrected chi connectivity index (χ3v) is 9.34. The van der Waals surface area contributed by atoms with Crippen molar-refractivity contribution < 1.29 is 13.9 Å². The fourth-order valence-electron chi connectivity index (χ4n) is 6.19. The molecule has 4 heterocycles. The number of piperidine rings is 1. The van der Waals surface area contributed by atoms with Gasteiger partial charge in [0.15, 0.2) is 0 Å². The molecule has 1 unspecified atom stereocenters. The number of benzene rings is 3. The second-order valence-corrected chi connectivity index (χ2v) is 12.0. The van der Waals surface area contributed by atoms with Crippen LogP contribution >= 0.6 is 11.3 Å². The number of hydrogen-bond donors (Lipinski definition) is 0. The quantitative estimate of drug-likeness (QED) is 0.182. The number of hydrogen-bond acceptors (Lipinski definition) is 8. The molecule has 1 fully saturated rings. The summed E-state index contributed by atoms with van der Waals surface area (Å²) in [6, 6.07) is 26.3. The number of rotatable bonds is 6. The van der Waals surface area contributed by atoms with Gasteiger partial charge in [-0.25, -0.2) is 9.38 Å². The first kappa shape index (κ1) is 28.2. The van der Waals surface area contributed by atoms with Gasteiger partial charge in [0.1, 0.15) is 16.3 Å². The van der Waals surface area contributed by atoms with Crippen molar-refractivity contribution in [3.8, 4) is 22.4 Å². The van der Waals surface area contributed by atoms with Crippen molar-refractivity contribution in [2.75, 3.05) is 24.6 Å². The Balaban J connectivity index is 1.52. The van der Waals surface area contributed by atoms with E-state index >= 15 is 0 Å². The molecule has 0 saturated carbocycles. The average molecular weight is 606 g/mol. The van der Waals surface area contributed by atoms with E-state index in [1.54, 1.807) is 12.1 Å². The second-order valence-electron chi connectivity index (χ2n) is 11.0. The minimum Gasteiger partial charge on any atom is -0.466 e. The molecular weight excluding hydrogens is 573 g/mol. The van der Waals surface area contributed by atoms with Crippen LogP contribution in [0.2, 0.25) is 0 Å². The molecule has 7 rings (SSSR count). The maximum Gasteiger partial charge on any atom is 0.308 e. The van der Waals surface area contributed by atoms with Gasteiger partial charge in [0, 0.05) is 35.3 Å². The number of nitrogens with zero attached hydrogens (tertiary/aromatic N) is 5. The Morgan fingerprint density at radius 2 is 1.59 bits per heavy atom. The highest BCUT2D eigenvalue weighted by atomic mass is 32.1. The zero-order valence-electron chi connectivity index (χ0n) is 24.4. The number of anilines is 1. The van der Waals surface area contributed by atoms with Crippen molar-refractivity contribution >= 4 is 44.9 Å². The lowest BCUT2D eigenvalue weighted by Crippen LogP contribution is -2.49. The van der Waals surface area contributed by atoms with Crippen LogP contribution in [0.25, 0.3) is 32.6 Å². The van der Waals surface area contributed by atoms with Crippen molar-refractivity contribution in [3.63, 3.8) is 0 Å². The summed E-state index contributed by atoms with van der Waals surface area (Å²) in [5.74, 6) is 0.144. The van der Waals surface area contributed by atoms with Gasteiger partial charge in [-0.3, -0.25) is 4.79 Å². The van der Waals surface area contributed by atoms with Gasteiger partial charge in [-0.05, 0) is 56.0 Å². The number of guanidine groups is 1. The maximum absolute atomic E-state index is 14.1. The molecule has 0 aliphatic carbocycles. The summed E-state index contributed by atoms with van der Waals surface area (Å²) in [5.41, 5.74) is 5.31. The number of ether oxygens (including phenoxy) is 1. The van der Waals surface area contributed by atoms with Crippen LogP contribution in [0, 0.1) is 5.82 Å². The fourth-order valence-corrected chi connectivity index (χ4v) is 7.35. The van der Waals surface area contributed by atoms with Crippen LogP contribution in [-0.4, -0.2) is 46.7 Å². The normalized spacial score (nSPS) is 16.5.